The van der Waals surface area contributed by atoms with Gasteiger partial charge < -0.3 is 15.4 Å². The summed E-state index contributed by atoms with van der Waals surface area (Å²) < 4.78 is 4.64. The van der Waals surface area contributed by atoms with Crippen LogP contribution in [-0.2, 0) is 14.3 Å². The Kier molecular flexibility index (Phi) is 8.22. The first-order chi connectivity index (χ1) is 9.67. The third kappa shape index (κ3) is 6.34. The highest BCUT2D eigenvalue weighted by Gasteiger charge is 2.21. The Labute approximate surface area is 121 Å². The van der Waals surface area contributed by atoms with Crippen LogP contribution in [0.1, 0.15) is 32.1 Å². The second-order valence-corrected chi connectivity index (χ2v) is 5.19. The number of nitrogens with two attached hydrogens (primary N) is 1. The van der Waals surface area contributed by atoms with Crippen molar-refractivity contribution >= 4 is 11.9 Å². The SMILES string of the molecule is COC(=O)CN1CCN(C(=O)CCCCCCN)CC1. The molecule has 2 N–H and O–H groups in total. The minimum Gasteiger partial charge on any atom is -0.468 e. The van der Waals surface area contributed by atoms with Gasteiger partial charge in [0.1, 0.15) is 0 Å². The van der Waals surface area contributed by atoms with E-state index in [2.05, 4.69) is 4.74 Å². The quantitative estimate of drug-likeness (QED) is 0.510. The van der Waals surface area contributed by atoms with Crippen LogP contribution in [-0.4, -0.2) is 68.1 Å². The van der Waals surface area contributed by atoms with Gasteiger partial charge in [0.25, 0.3) is 0 Å². The van der Waals surface area contributed by atoms with Crippen LogP contribution in [0, 0.1) is 0 Å². The fraction of sp³-hybridized carbons (Fsp3) is 0.857. The second kappa shape index (κ2) is 9.72. The summed E-state index contributed by atoms with van der Waals surface area (Å²) in [5, 5.41) is 0. The number of methoxy groups -OCH3 is 1. The third-order valence-corrected chi connectivity index (χ3v) is 3.65. The number of esters is 1. The molecule has 6 heteroatoms. The molecule has 0 spiro atoms. The van der Waals surface area contributed by atoms with Crippen molar-refractivity contribution in [3.8, 4) is 0 Å². The maximum atomic E-state index is 12.0. The predicted octanol–water partition coefficient (Wildman–Crippen LogP) is 0.213. The summed E-state index contributed by atoms with van der Waals surface area (Å²) in [6, 6.07) is 0. The van der Waals surface area contributed by atoms with E-state index in [0.29, 0.717) is 26.1 Å². The number of nitrogens with zero attached hydrogens (tertiary/aromatic N) is 2. The molecular formula is C14H27N3O3. The lowest BCUT2D eigenvalue weighted by molar-refractivity contribution is -0.142. The number of unbranched alkanes of at least 4 members (excludes halogenated alkanes) is 3. The standard InChI is InChI=1S/C14H27N3O3/c1-20-14(19)12-16-8-10-17(11-9-16)13(18)6-4-2-3-5-7-15/h2-12,15H2,1H3. The zero-order valence-electron chi connectivity index (χ0n) is 12.5. The molecule has 1 heterocycles. The van der Waals surface area contributed by atoms with E-state index >= 15 is 0 Å². The van der Waals surface area contributed by atoms with Crippen molar-refractivity contribution < 1.29 is 14.3 Å². The molecule has 1 aliphatic rings. The van der Waals surface area contributed by atoms with Gasteiger partial charge in [0, 0.05) is 32.6 Å². The van der Waals surface area contributed by atoms with Gasteiger partial charge in [-0.3, -0.25) is 14.5 Å². The maximum absolute atomic E-state index is 12.0. The van der Waals surface area contributed by atoms with Gasteiger partial charge in [-0.05, 0) is 19.4 Å². The smallest absolute Gasteiger partial charge is 0.319 e. The van der Waals surface area contributed by atoms with E-state index in [0.717, 1.165) is 45.3 Å². The van der Waals surface area contributed by atoms with E-state index < -0.39 is 0 Å². The lowest BCUT2D eigenvalue weighted by atomic mass is 10.1. The van der Waals surface area contributed by atoms with Gasteiger partial charge in [0.2, 0.25) is 5.91 Å². The van der Waals surface area contributed by atoms with Gasteiger partial charge in [0.05, 0.1) is 13.7 Å². The van der Waals surface area contributed by atoms with Crippen LogP contribution in [0.25, 0.3) is 0 Å². The minimum atomic E-state index is -0.218. The largest absolute Gasteiger partial charge is 0.468 e. The van der Waals surface area contributed by atoms with Crippen molar-refractivity contribution in [2.75, 3.05) is 46.4 Å². The monoisotopic (exact) mass is 285 g/mol. The molecule has 0 atom stereocenters. The molecule has 0 aromatic rings. The number of rotatable bonds is 8. The van der Waals surface area contributed by atoms with Crippen molar-refractivity contribution in [1.29, 1.82) is 0 Å². The van der Waals surface area contributed by atoms with E-state index in [4.69, 9.17) is 5.73 Å². The number of hydrogen-bond acceptors (Lipinski definition) is 5. The lowest BCUT2D eigenvalue weighted by Gasteiger charge is -2.34. The molecule has 0 saturated carbocycles. The highest BCUT2D eigenvalue weighted by atomic mass is 16.5. The van der Waals surface area contributed by atoms with Crippen LogP contribution < -0.4 is 5.73 Å². The molecule has 0 aliphatic carbocycles. The highest BCUT2D eigenvalue weighted by Crippen LogP contribution is 2.08. The zero-order chi connectivity index (χ0) is 14.8. The van der Waals surface area contributed by atoms with E-state index in [1.54, 1.807) is 0 Å². The number of amides is 1. The van der Waals surface area contributed by atoms with Gasteiger partial charge in [-0.1, -0.05) is 12.8 Å². The van der Waals surface area contributed by atoms with Crippen LogP contribution in [0.4, 0.5) is 0 Å². The first-order valence-corrected chi connectivity index (χ1v) is 7.44. The van der Waals surface area contributed by atoms with E-state index in [1.807, 2.05) is 9.80 Å². The molecule has 0 bridgehead atoms. The number of ether oxygens (including phenoxy) is 1. The van der Waals surface area contributed by atoms with Gasteiger partial charge in [-0.15, -0.1) is 0 Å². The molecule has 6 nitrogen and oxygen atoms in total. The summed E-state index contributed by atoms with van der Waals surface area (Å²) in [5.74, 6) is 0.0140. The Bertz CT molecular complexity index is 302. The molecule has 0 aromatic carbocycles. The number of carbonyl (C=O) groups excluding carboxylic acids is 2. The molecule has 1 amide bonds. The molecule has 0 unspecified atom stereocenters. The Morgan fingerprint density at radius 3 is 2.30 bits per heavy atom. The zero-order valence-corrected chi connectivity index (χ0v) is 12.5. The summed E-state index contributed by atoms with van der Waals surface area (Å²) in [7, 11) is 1.40. The molecule has 20 heavy (non-hydrogen) atoms. The third-order valence-electron chi connectivity index (χ3n) is 3.65. The van der Waals surface area contributed by atoms with E-state index in [1.165, 1.54) is 7.11 Å². The van der Waals surface area contributed by atoms with Crippen LogP contribution in [0.15, 0.2) is 0 Å². The molecular weight excluding hydrogens is 258 g/mol. The van der Waals surface area contributed by atoms with Gasteiger partial charge in [-0.2, -0.15) is 0 Å². The summed E-state index contributed by atoms with van der Waals surface area (Å²) in [4.78, 5) is 27.1. The number of piperazine rings is 1. The first-order valence-electron chi connectivity index (χ1n) is 7.44. The van der Waals surface area contributed by atoms with Crippen LogP contribution in [0.2, 0.25) is 0 Å². The van der Waals surface area contributed by atoms with Crippen LogP contribution in [0.5, 0.6) is 0 Å². The molecule has 1 saturated heterocycles. The van der Waals surface area contributed by atoms with E-state index in [-0.39, 0.29) is 11.9 Å². The Morgan fingerprint density at radius 2 is 1.70 bits per heavy atom. The van der Waals surface area contributed by atoms with Crippen molar-refractivity contribution in [2.45, 2.75) is 32.1 Å². The molecule has 116 valence electrons. The molecule has 1 rings (SSSR count). The summed E-state index contributed by atoms with van der Waals surface area (Å²) in [6.07, 6.45) is 4.80. The Morgan fingerprint density at radius 1 is 1.05 bits per heavy atom. The molecule has 0 radical (unpaired) electrons. The van der Waals surface area contributed by atoms with Crippen molar-refractivity contribution in [3.63, 3.8) is 0 Å². The van der Waals surface area contributed by atoms with Gasteiger partial charge in [-0.25, -0.2) is 0 Å². The topological polar surface area (TPSA) is 75.9 Å². The van der Waals surface area contributed by atoms with Crippen molar-refractivity contribution in [3.05, 3.63) is 0 Å². The predicted molar refractivity (Wildman–Crippen MR) is 77.2 cm³/mol. The fourth-order valence-electron chi connectivity index (χ4n) is 2.33. The average molecular weight is 285 g/mol. The van der Waals surface area contributed by atoms with E-state index in [9.17, 15) is 9.59 Å². The average Bonchev–Trinajstić information content (AvgIpc) is 2.47. The maximum Gasteiger partial charge on any atom is 0.319 e. The first kappa shape index (κ1) is 16.9. The van der Waals surface area contributed by atoms with Gasteiger partial charge >= 0.3 is 5.97 Å². The Balaban J connectivity index is 2.14. The fourth-order valence-corrected chi connectivity index (χ4v) is 2.33. The highest BCUT2D eigenvalue weighted by molar-refractivity contribution is 5.76. The minimum absolute atomic E-state index is 0.218. The van der Waals surface area contributed by atoms with Crippen molar-refractivity contribution in [1.82, 2.24) is 9.80 Å². The number of hydrogen-bond donors (Lipinski definition) is 1. The normalized spacial score (nSPS) is 16.2. The molecule has 1 fully saturated rings. The van der Waals surface area contributed by atoms with Crippen LogP contribution in [0.3, 0.4) is 0 Å². The summed E-state index contributed by atoms with van der Waals surface area (Å²) >= 11 is 0. The molecule has 1 aliphatic heterocycles. The second-order valence-electron chi connectivity index (χ2n) is 5.19. The summed E-state index contributed by atoms with van der Waals surface area (Å²) in [6.45, 7) is 3.95. The number of carbonyl (C=O) groups is 2. The van der Waals surface area contributed by atoms with Crippen LogP contribution >= 0.6 is 0 Å². The summed E-state index contributed by atoms with van der Waals surface area (Å²) in [5.41, 5.74) is 5.43. The van der Waals surface area contributed by atoms with Crippen molar-refractivity contribution in [2.24, 2.45) is 5.73 Å². The molecule has 0 aromatic heterocycles. The Hall–Kier alpha value is -1.14. The van der Waals surface area contributed by atoms with Gasteiger partial charge in [0.15, 0.2) is 0 Å². The lowest BCUT2D eigenvalue weighted by Crippen LogP contribution is -2.50.